The molecule has 0 radical (unpaired) electrons. The van der Waals surface area contributed by atoms with Gasteiger partial charge in [0.15, 0.2) is 15.7 Å². The summed E-state index contributed by atoms with van der Waals surface area (Å²) in [6, 6.07) is 16.6. The molecule has 2 N–H and O–H groups in total. The molecule has 1 aromatic heterocycles. The Morgan fingerprint density at radius 3 is 2.33 bits per heavy atom. The normalized spacial score (nSPS) is 14.4. The van der Waals surface area contributed by atoms with E-state index in [1.807, 2.05) is 44.2 Å². The van der Waals surface area contributed by atoms with Gasteiger partial charge < -0.3 is 10.6 Å². The Labute approximate surface area is 176 Å². The Morgan fingerprint density at radius 2 is 1.67 bits per heavy atom. The third-order valence-corrected chi connectivity index (χ3v) is 7.25. The molecule has 1 aliphatic rings. The Kier molecular flexibility index (Phi) is 5.67. The van der Waals surface area contributed by atoms with Crippen LogP contribution in [0.2, 0.25) is 0 Å². The van der Waals surface area contributed by atoms with Crippen molar-refractivity contribution in [1.82, 2.24) is 15.0 Å². The summed E-state index contributed by atoms with van der Waals surface area (Å²) in [6.45, 7) is 4.02. The molecule has 0 bridgehead atoms. The Bertz CT molecular complexity index is 1130. The Balaban J connectivity index is 1.66. The minimum absolute atomic E-state index is 0.153. The fourth-order valence-corrected chi connectivity index (χ4v) is 5.12. The number of benzene rings is 2. The lowest BCUT2D eigenvalue weighted by atomic mass is 10.00. The van der Waals surface area contributed by atoms with E-state index in [0.717, 1.165) is 24.8 Å². The van der Waals surface area contributed by atoms with Crippen molar-refractivity contribution in [3.05, 3.63) is 54.6 Å². The fraction of sp³-hybridized carbons (Fsp3) is 0.318. The molecule has 1 saturated carbocycles. The third kappa shape index (κ3) is 4.43. The number of hydrogen-bond acceptors (Lipinski definition) is 7. The van der Waals surface area contributed by atoms with E-state index in [1.165, 1.54) is 0 Å². The quantitative estimate of drug-likeness (QED) is 0.580. The van der Waals surface area contributed by atoms with E-state index in [0.29, 0.717) is 28.3 Å². The second-order valence-corrected chi connectivity index (χ2v) is 9.95. The van der Waals surface area contributed by atoms with Gasteiger partial charge in [0, 0.05) is 17.3 Å². The second kappa shape index (κ2) is 8.39. The van der Waals surface area contributed by atoms with Crippen LogP contribution in [0.3, 0.4) is 0 Å². The number of rotatable bonds is 7. The first kappa shape index (κ1) is 20.3. The molecule has 2 aromatic carbocycles. The lowest BCUT2D eigenvalue weighted by Gasteiger charge is -2.25. The monoisotopic (exact) mass is 423 g/mol. The molecular formula is C22H25N5O2S. The minimum Gasteiger partial charge on any atom is -0.352 e. The van der Waals surface area contributed by atoms with Crippen LogP contribution in [0.15, 0.2) is 59.5 Å². The summed E-state index contributed by atoms with van der Waals surface area (Å²) in [7, 11) is -3.30. The van der Waals surface area contributed by atoms with Crippen LogP contribution in [0, 0.1) is 0 Å². The predicted molar refractivity (Wildman–Crippen MR) is 119 cm³/mol. The van der Waals surface area contributed by atoms with Gasteiger partial charge in [0.05, 0.1) is 10.1 Å². The van der Waals surface area contributed by atoms with Crippen LogP contribution in [0.1, 0.15) is 33.1 Å². The minimum atomic E-state index is -3.30. The van der Waals surface area contributed by atoms with E-state index in [2.05, 4.69) is 25.6 Å². The third-order valence-electron chi connectivity index (χ3n) is 4.99. The molecule has 1 heterocycles. The zero-order chi connectivity index (χ0) is 21.1. The zero-order valence-electron chi connectivity index (χ0n) is 17.0. The van der Waals surface area contributed by atoms with E-state index >= 15 is 0 Å². The summed E-state index contributed by atoms with van der Waals surface area (Å²) in [4.78, 5) is 13.8. The number of sulfone groups is 1. The topological polar surface area (TPSA) is 96.9 Å². The maximum Gasteiger partial charge on any atom is 0.232 e. The van der Waals surface area contributed by atoms with Crippen molar-refractivity contribution >= 4 is 27.4 Å². The summed E-state index contributed by atoms with van der Waals surface area (Å²) in [5, 5.41) is 6.09. The number of hydrogen-bond donors (Lipinski definition) is 2. The standard InChI is InChI=1S/C22H25N5O2S/c1-15(2)23-21-25-20(16-8-4-3-5-9-16)26-22(27-21)24-17-10-6-13-19(14-17)30(28,29)18-11-7-12-18/h3-6,8-10,13-15,18H,7,11-12H2,1-2H3,(H2,23,24,25,26,27). The van der Waals surface area contributed by atoms with Gasteiger partial charge in [0.1, 0.15) is 0 Å². The van der Waals surface area contributed by atoms with Crippen molar-refractivity contribution < 1.29 is 8.42 Å². The van der Waals surface area contributed by atoms with Gasteiger partial charge in [0.25, 0.3) is 0 Å². The lowest BCUT2D eigenvalue weighted by Crippen LogP contribution is -2.28. The molecule has 7 nitrogen and oxygen atoms in total. The molecule has 0 spiro atoms. The molecule has 30 heavy (non-hydrogen) atoms. The van der Waals surface area contributed by atoms with Gasteiger partial charge in [-0.25, -0.2) is 8.42 Å². The van der Waals surface area contributed by atoms with E-state index in [9.17, 15) is 8.42 Å². The first-order valence-electron chi connectivity index (χ1n) is 10.1. The van der Waals surface area contributed by atoms with Crippen LogP contribution < -0.4 is 10.6 Å². The molecule has 4 rings (SSSR count). The fourth-order valence-electron chi connectivity index (χ4n) is 3.22. The molecule has 156 valence electrons. The van der Waals surface area contributed by atoms with Crippen LogP contribution in [-0.4, -0.2) is 34.7 Å². The van der Waals surface area contributed by atoms with Gasteiger partial charge in [-0.3, -0.25) is 0 Å². The molecule has 0 aliphatic heterocycles. The highest BCUT2D eigenvalue weighted by Crippen LogP contribution is 2.32. The highest BCUT2D eigenvalue weighted by Gasteiger charge is 2.32. The van der Waals surface area contributed by atoms with E-state index in [1.54, 1.807) is 24.3 Å². The van der Waals surface area contributed by atoms with Gasteiger partial charge in [-0.15, -0.1) is 0 Å². The van der Waals surface area contributed by atoms with E-state index < -0.39 is 9.84 Å². The number of aromatic nitrogens is 3. The first-order valence-corrected chi connectivity index (χ1v) is 11.7. The molecule has 8 heteroatoms. The van der Waals surface area contributed by atoms with Crippen molar-refractivity contribution in [2.45, 2.75) is 49.3 Å². The highest BCUT2D eigenvalue weighted by molar-refractivity contribution is 7.92. The van der Waals surface area contributed by atoms with Crippen molar-refractivity contribution in [3.8, 4) is 11.4 Å². The molecule has 0 atom stereocenters. The summed E-state index contributed by atoms with van der Waals surface area (Å²) in [5.41, 5.74) is 1.49. The van der Waals surface area contributed by atoms with Gasteiger partial charge >= 0.3 is 0 Å². The summed E-state index contributed by atoms with van der Waals surface area (Å²) >= 11 is 0. The largest absolute Gasteiger partial charge is 0.352 e. The number of nitrogens with zero attached hydrogens (tertiary/aromatic N) is 3. The van der Waals surface area contributed by atoms with Crippen molar-refractivity contribution in [1.29, 1.82) is 0 Å². The van der Waals surface area contributed by atoms with Crippen LogP contribution in [0.4, 0.5) is 17.6 Å². The Hall–Kier alpha value is -3.00. The molecule has 0 saturated heterocycles. The van der Waals surface area contributed by atoms with Crippen molar-refractivity contribution in [3.63, 3.8) is 0 Å². The molecule has 1 fully saturated rings. The maximum atomic E-state index is 12.8. The Morgan fingerprint density at radius 1 is 0.933 bits per heavy atom. The van der Waals surface area contributed by atoms with Crippen LogP contribution >= 0.6 is 0 Å². The van der Waals surface area contributed by atoms with Gasteiger partial charge in [0.2, 0.25) is 11.9 Å². The number of nitrogens with one attached hydrogen (secondary N) is 2. The SMILES string of the molecule is CC(C)Nc1nc(Nc2cccc(S(=O)(=O)C3CCC3)c2)nc(-c2ccccc2)n1. The highest BCUT2D eigenvalue weighted by atomic mass is 32.2. The molecule has 0 amide bonds. The van der Waals surface area contributed by atoms with Gasteiger partial charge in [-0.1, -0.05) is 42.8 Å². The summed E-state index contributed by atoms with van der Waals surface area (Å²) < 4.78 is 25.5. The predicted octanol–water partition coefficient (Wildman–Crippen LogP) is 4.43. The lowest BCUT2D eigenvalue weighted by molar-refractivity contribution is 0.477. The van der Waals surface area contributed by atoms with Crippen molar-refractivity contribution in [2.24, 2.45) is 0 Å². The molecule has 1 aliphatic carbocycles. The summed E-state index contributed by atoms with van der Waals surface area (Å²) in [6.07, 6.45) is 2.44. The molecular weight excluding hydrogens is 398 g/mol. The average Bonchev–Trinajstić information content (AvgIpc) is 2.66. The second-order valence-electron chi connectivity index (χ2n) is 7.72. The van der Waals surface area contributed by atoms with Crippen LogP contribution in [0.5, 0.6) is 0 Å². The number of anilines is 3. The first-order chi connectivity index (χ1) is 14.4. The smallest absolute Gasteiger partial charge is 0.232 e. The maximum absolute atomic E-state index is 12.8. The van der Waals surface area contributed by atoms with Crippen molar-refractivity contribution in [2.75, 3.05) is 10.6 Å². The van der Waals surface area contributed by atoms with Gasteiger partial charge in [-0.2, -0.15) is 15.0 Å². The molecule has 0 unspecified atom stereocenters. The van der Waals surface area contributed by atoms with Crippen LogP contribution in [-0.2, 0) is 9.84 Å². The average molecular weight is 424 g/mol. The van der Waals surface area contributed by atoms with E-state index in [4.69, 9.17) is 0 Å². The van der Waals surface area contributed by atoms with E-state index in [-0.39, 0.29) is 11.3 Å². The van der Waals surface area contributed by atoms with Gasteiger partial charge in [-0.05, 0) is 44.9 Å². The zero-order valence-corrected chi connectivity index (χ0v) is 17.9. The van der Waals surface area contributed by atoms with Crippen LogP contribution in [0.25, 0.3) is 11.4 Å². The summed E-state index contributed by atoms with van der Waals surface area (Å²) in [5.74, 6) is 1.35. The molecule has 3 aromatic rings.